The first kappa shape index (κ1) is 17.9. The molecule has 0 saturated carbocycles. The van der Waals surface area contributed by atoms with Crippen molar-refractivity contribution in [3.8, 4) is 10.6 Å². The Bertz CT molecular complexity index is 730. The molecule has 0 fully saturated rings. The molecule has 6 heteroatoms. The first-order valence-corrected chi connectivity index (χ1v) is 8.47. The number of nitrogens with zero attached hydrogens (tertiary/aromatic N) is 1. The summed E-state index contributed by atoms with van der Waals surface area (Å²) < 4.78 is 9.90. The highest BCUT2D eigenvalue weighted by molar-refractivity contribution is 7.16. The summed E-state index contributed by atoms with van der Waals surface area (Å²) in [6.45, 7) is 5.58. The van der Waals surface area contributed by atoms with Crippen LogP contribution >= 0.6 is 11.3 Å². The third kappa shape index (κ3) is 4.29. The fraction of sp³-hybridized carbons (Fsp3) is 0.278. The normalized spacial score (nSPS) is 10.1. The van der Waals surface area contributed by atoms with Crippen LogP contribution in [0, 0.1) is 6.92 Å². The van der Waals surface area contributed by atoms with E-state index >= 15 is 0 Å². The molecule has 0 aliphatic rings. The van der Waals surface area contributed by atoms with Crippen molar-refractivity contribution in [3.05, 3.63) is 46.5 Å². The van der Waals surface area contributed by atoms with Crippen molar-refractivity contribution >= 4 is 29.4 Å². The van der Waals surface area contributed by atoms with E-state index in [4.69, 9.17) is 9.47 Å². The summed E-state index contributed by atoms with van der Waals surface area (Å²) in [5, 5.41) is 0.825. The van der Waals surface area contributed by atoms with E-state index in [1.807, 2.05) is 37.3 Å². The highest BCUT2D eigenvalue weighted by atomic mass is 32.1. The largest absolute Gasteiger partial charge is 0.462 e. The Labute approximate surface area is 144 Å². The lowest BCUT2D eigenvalue weighted by atomic mass is 10.2. The topological polar surface area (TPSA) is 65.5 Å². The second-order valence-corrected chi connectivity index (χ2v) is 5.86. The van der Waals surface area contributed by atoms with Gasteiger partial charge >= 0.3 is 11.9 Å². The van der Waals surface area contributed by atoms with Gasteiger partial charge in [0, 0.05) is 5.56 Å². The maximum absolute atomic E-state index is 12.0. The molecule has 1 aromatic carbocycles. The summed E-state index contributed by atoms with van der Waals surface area (Å²) in [7, 11) is 0. The third-order valence-electron chi connectivity index (χ3n) is 3.12. The van der Waals surface area contributed by atoms with E-state index in [0.29, 0.717) is 0 Å². The van der Waals surface area contributed by atoms with E-state index in [-0.39, 0.29) is 18.8 Å². The molecule has 2 rings (SSSR count). The average molecular weight is 345 g/mol. The van der Waals surface area contributed by atoms with Crippen LogP contribution in [0.5, 0.6) is 0 Å². The zero-order chi connectivity index (χ0) is 17.5. The number of benzene rings is 1. The Kier molecular flexibility index (Phi) is 6.26. The van der Waals surface area contributed by atoms with Crippen LogP contribution in [0.3, 0.4) is 0 Å². The molecule has 0 atom stereocenters. The number of rotatable bonds is 6. The number of aryl methyl sites for hydroxylation is 1. The Balaban J connectivity index is 2.40. The van der Waals surface area contributed by atoms with Gasteiger partial charge in [0.25, 0.3) is 0 Å². The third-order valence-corrected chi connectivity index (χ3v) is 4.27. The molecule has 2 aromatic rings. The molecular formula is C18H19NO4S. The second-order valence-electron chi connectivity index (χ2n) is 4.83. The number of carbonyl (C=O) groups is 2. The van der Waals surface area contributed by atoms with Crippen molar-refractivity contribution in [2.45, 2.75) is 20.8 Å². The Morgan fingerprint density at radius 2 is 1.67 bits per heavy atom. The van der Waals surface area contributed by atoms with Gasteiger partial charge in [-0.2, -0.15) is 0 Å². The minimum Gasteiger partial charge on any atom is -0.462 e. The number of carbonyl (C=O) groups excluding carboxylic acids is 2. The Hall–Kier alpha value is -2.47. The molecule has 0 radical (unpaired) electrons. The van der Waals surface area contributed by atoms with Crippen LogP contribution in [0.15, 0.2) is 35.9 Å². The SMILES string of the molecule is CCOC(=O)C(=Cc1sc(-c2ccccc2)nc1C)C(=O)OCC. The quantitative estimate of drug-likeness (QED) is 0.346. The van der Waals surface area contributed by atoms with Gasteiger partial charge in [-0.05, 0) is 26.8 Å². The predicted octanol–water partition coefficient (Wildman–Crippen LogP) is 3.63. The molecule has 0 saturated heterocycles. The lowest BCUT2D eigenvalue weighted by Crippen LogP contribution is -2.18. The van der Waals surface area contributed by atoms with Crippen LogP contribution < -0.4 is 0 Å². The van der Waals surface area contributed by atoms with Crippen LogP contribution in [0.25, 0.3) is 16.6 Å². The zero-order valence-electron chi connectivity index (χ0n) is 13.9. The molecule has 0 aliphatic carbocycles. The fourth-order valence-electron chi connectivity index (χ4n) is 2.00. The van der Waals surface area contributed by atoms with Gasteiger partial charge in [-0.3, -0.25) is 0 Å². The number of ether oxygens (including phenoxy) is 2. The highest BCUT2D eigenvalue weighted by Gasteiger charge is 2.22. The molecule has 0 spiro atoms. The molecule has 1 heterocycles. The minimum atomic E-state index is -0.690. The maximum Gasteiger partial charge on any atom is 0.345 e. The van der Waals surface area contributed by atoms with Crippen LogP contribution in [0.4, 0.5) is 0 Å². The van der Waals surface area contributed by atoms with Crippen molar-refractivity contribution in [2.75, 3.05) is 13.2 Å². The first-order chi connectivity index (χ1) is 11.6. The summed E-state index contributed by atoms with van der Waals surface area (Å²) in [5.74, 6) is -1.38. The van der Waals surface area contributed by atoms with Crippen LogP contribution in [-0.4, -0.2) is 30.1 Å². The smallest absolute Gasteiger partial charge is 0.345 e. The zero-order valence-corrected chi connectivity index (χ0v) is 14.7. The van der Waals surface area contributed by atoms with E-state index in [1.165, 1.54) is 17.4 Å². The number of thiazole rings is 1. The van der Waals surface area contributed by atoms with Gasteiger partial charge < -0.3 is 9.47 Å². The van der Waals surface area contributed by atoms with Gasteiger partial charge in [-0.1, -0.05) is 30.3 Å². The van der Waals surface area contributed by atoms with Gasteiger partial charge in [-0.15, -0.1) is 11.3 Å². The van der Waals surface area contributed by atoms with Crippen molar-refractivity contribution in [2.24, 2.45) is 0 Å². The fourth-order valence-corrected chi connectivity index (χ4v) is 3.01. The molecule has 24 heavy (non-hydrogen) atoms. The van der Waals surface area contributed by atoms with E-state index in [2.05, 4.69) is 4.98 Å². The van der Waals surface area contributed by atoms with E-state index in [1.54, 1.807) is 13.8 Å². The summed E-state index contributed by atoms with van der Waals surface area (Å²) >= 11 is 1.41. The molecular weight excluding hydrogens is 326 g/mol. The lowest BCUT2D eigenvalue weighted by molar-refractivity contribution is -0.146. The monoisotopic (exact) mass is 345 g/mol. The summed E-state index contributed by atoms with van der Waals surface area (Å²) in [6.07, 6.45) is 1.50. The second kappa shape index (κ2) is 8.40. The molecule has 0 unspecified atom stereocenters. The Morgan fingerprint density at radius 1 is 1.08 bits per heavy atom. The van der Waals surface area contributed by atoms with Crippen molar-refractivity contribution in [1.29, 1.82) is 0 Å². The number of hydrogen-bond donors (Lipinski definition) is 0. The average Bonchev–Trinajstić information content (AvgIpc) is 2.94. The molecule has 126 valence electrons. The summed E-state index contributed by atoms with van der Waals surface area (Å²) in [4.78, 5) is 29.3. The number of aromatic nitrogens is 1. The minimum absolute atomic E-state index is 0.120. The molecule has 1 aromatic heterocycles. The molecule has 0 bridgehead atoms. The standard InChI is InChI=1S/C18H19NO4S/c1-4-22-17(20)14(18(21)23-5-2)11-15-12(3)19-16(24-15)13-9-7-6-8-10-13/h6-11H,4-5H2,1-3H3. The number of esters is 2. The predicted molar refractivity (Wildman–Crippen MR) is 93.5 cm³/mol. The molecule has 5 nitrogen and oxygen atoms in total. The van der Waals surface area contributed by atoms with Gasteiger partial charge in [0.05, 0.1) is 23.8 Å². The molecule has 0 amide bonds. The van der Waals surface area contributed by atoms with Gasteiger partial charge in [0.2, 0.25) is 0 Å². The van der Waals surface area contributed by atoms with Gasteiger partial charge in [0.15, 0.2) is 0 Å². The van der Waals surface area contributed by atoms with E-state index in [9.17, 15) is 9.59 Å². The molecule has 0 aliphatic heterocycles. The van der Waals surface area contributed by atoms with Crippen molar-refractivity contribution in [3.63, 3.8) is 0 Å². The van der Waals surface area contributed by atoms with E-state index in [0.717, 1.165) is 21.1 Å². The first-order valence-electron chi connectivity index (χ1n) is 7.65. The lowest BCUT2D eigenvalue weighted by Gasteiger charge is -2.06. The van der Waals surface area contributed by atoms with Crippen LogP contribution in [-0.2, 0) is 19.1 Å². The van der Waals surface area contributed by atoms with Gasteiger partial charge in [-0.25, -0.2) is 14.6 Å². The van der Waals surface area contributed by atoms with Crippen molar-refractivity contribution < 1.29 is 19.1 Å². The maximum atomic E-state index is 12.0. The van der Waals surface area contributed by atoms with Crippen LogP contribution in [0.2, 0.25) is 0 Å². The Morgan fingerprint density at radius 3 is 2.21 bits per heavy atom. The highest BCUT2D eigenvalue weighted by Crippen LogP contribution is 2.29. The number of hydrogen-bond acceptors (Lipinski definition) is 6. The summed E-state index contributed by atoms with van der Waals surface area (Å²) in [5.41, 5.74) is 1.61. The summed E-state index contributed by atoms with van der Waals surface area (Å²) in [6, 6.07) is 9.73. The van der Waals surface area contributed by atoms with Gasteiger partial charge in [0.1, 0.15) is 10.6 Å². The van der Waals surface area contributed by atoms with Crippen molar-refractivity contribution in [1.82, 2.24) is 4.98 Å². The van der Waals surface area contributed by atoms with Crippen LogP contribution in [0.1, 0.15) is 24.4 Å². The molecule has 0 N–H and O–H groups in total. The van der Waals surface area contributed by atoms with E-state index < -0.39 is 11.9 Å².